The zero-order chi connectivity index (χ0) is 10.4. The highest BCUT2D eigenvalue weighted by Crippen LogP contribution is 2.14. The van der Waals surface area contributed by atoms with Gasteiger partial charge in [0.15, 0.2) is 0 Å². The summed E-state index contributed by atoms with van der Waals surface area (Å²) in [7, 11) is 0. The predicted molar refractivity (Wildman–Crippen MR) is 62.9 cm³/mol. The first-order chi connectivity index (χ1) is 6.72. The molecule has 0 aliphatic carbocycles. The van der Waals surface area contributed by atoms with E-state index in [0.717, 1.165) is 4.47 Å². The number of hydrogen-bond donors (Lipinski definition) is 1. The van der Waals surface area contributed by atoms with E-state index >= 15 is 0 Å². The summed E-state index contributed by atoms with van der Waals surface area (Å²) >= 11 is 6.47. The van der Waals surface area contributed by atoms with Crippen molar-refractivity contribution in [2.75, 3.05) is 17.3 Å². The van der Waals surface area contributed by atoms with Gasteiger partial charge in [0.05, 0.1) is 0 Å². The van der Waals surface area contributed by atoms with Crippen molar-refractivity contribution in [3.05, 3.63) is 28.7 Å². The van der Waals surface area contributed by atoms with Gasteiger partial charge in [0.25, 0.3) is 0 Å². The fourth-order valence-corrected chi connectivity index (χ4v) is 1.24. The Morgan fingerprint density at radius 3 is 2.57 bits per heavy atom. The molecule has 0 heterocycles. The van der Waals surface area contributed by atoms with E-state index in [2.05, 4.69) is 37.2 Å². The van der Waals surface area contributed by atoms with E-state index in [0.29, 0.717) is 17.6 Å². The first kappa shape index (κ1) is 11.5. The smallest absolute Gasteiger partial charge is 0.411 e. The lowest BCUT2D eigenvalue weighted by Crippen LogP contribution is -2.14. The van der Waals surface area contributed by atoms with Crippen molar-refractivity contribution in [1.82, 2.24) is 0 Å². The van der Waals surface area contributed by atoms with Crippen molar-refractivity contribution in [1.29, 1.82) is 0 Å². The molecule has 5 heteroatoms. The maximum Gasteiger partial charge on any atom is 0.411 e. The van der Waals surface area contributed by atoms with Gasteiger partial charge < -0.3 is 4.74 Å². The van der Waals surface area contributed by atoms with Gasteiger partial charge in [0, 0.05) is 15.5 Å². The Kier molecular flexibility index (Phi) is 4.97. The van der Waals surface area contributed by atoms with E-state index in [1.807, 2.05) is 12.1 Å². The quantitative estimate of drug-likeness (QED) is 0.866. The van der Waals surface area contributed by atoms with Crippen molar-refractivity contribution in [2.24, 2.45) is 0 Å². The van der Waals surface area contributed by atoms with E-state index in [1.54, 1.807) is 12.1 Å². The number of carbonyl (C=O) groups is 1. The van der Waals surface area contributed by atoms with Crippen LogP contribution in [0.1, 0.15) is 0 Å². The molecule has 0 spiro atoms. The van der Waals surface area contributed by atoms with Crippen LogP contribution in [-0.2, 0) is 4.74 Å². The molecule has 0 aromatic heterocycles. The maximum atomic E-state index is 11.1. The molecule has 0 bridgehead atoms. The van der Waals surface area contributed by atoms with Crippen LogP contribution in [0.2, 0.25) is 0 Å². The monoisotopic (exact) mass is 321 g/mol. The number of nitrogens with one attached hydrogen (secondary N) is 1. The largest absolute Gasteiger partial charge is 0.448 e. The zero-order valence-corrected chi connectivity index (χ0v) is 10.5. The van der Waals surface area contributed by atoms with Gasteiger partial charge in [-0.1, -0.05) is 31.9 Å². The highest BCUT2D eigenvalue weighted by Gasteiger charge is 2.01. The molecule has 1 rings (SSSR count). The van der Waals surface area contributed by atoms with Gasteiger partial charge in [0.1, 0.15) is 6.61 Å². The third-order valence-electron chi connectivity index (χ3n) is 1.40. The lowest BCUT2D eigenvalue weighted by Gasteiger charge is -2.05. The summed E-state index contributed by atoms with van der Waals surface area (Å²) in [5.41, 5.74) is 0.716. The lowest BCUT2D eigenvalue weighted by atomic mass is 10.3. The molecule has 1 aromatic carbocycles. The van der Waals surface area contributed by atoms with Crippen molar-refractivity contribution >= 4 is 43.6 Å². The minimum Gasteiger partial charge on any atom is -0.448 e. The number of carbonyl (C=O) groups excluding carboxylic acids is 1. The van der Waals surface area contributed by atoms with Crippen LogP contribution in [-0.4, -0.2) is 18.0 Å². The summed E-state index contributed by atoms with van der Waals surface area (Å²) < 4.78 is 5.79. The molecule has 14 heavy (non-hydrogen) atoms. The van der Waals surface area contributed by atoms with Gasteiger partial charge in [-0.15, -0.1) is 0 Å². The van der Waals surface area contributed by atoms with Crippen LogP contribution in [0.25, 0.3) is 0 Å². The highest BCUT2D eigenvalue weighted by atomic mass is 79.9. The molecular formula is C9H9Br2NO2. The Labute approximate surface area is 99.1 Å². The fraction of sp³-hybridized carbons (Fsp3) is 0.222. The average Bonchev–Trinajstić information content (AvgIpc) is 2.18. The normalized spacial score (nSPS) is 9.57. The van der Waals surface area contributed by atoms with Crippen molar-refractivity contribution in [3.8, 4) is 0 Å². The van der Waals surface area contributed by atoms with E-state index in [4.69, 9.17) is 4.74 Å². The summed E-state index contributed by atoms with van der Waals surface area (Å²) in [5, 5.41) is 3.24. The van der Waals surface area contributed by atoms with Crippen LogP contribution < -0.4 is 5.32 Å². The summed E-state index contributed by atoms with van der Waals surface area (Å²) in [6.45, 7) is 0.363. The van der Waals surface area contributed by atoms with Crippen molar-refractivity contribution in [3.63, 3.8) is 0 Å². The topological polar surface area (TPSA) is 38.3 Å². The number of anilines is 1. The van der Waals surface area contributed by atoms with E-state index in [9.17, 15) is 4.79 Å². The highest BCUT2D eigenvalue weighted by molar-refractivity contribution is 9.10. The van der Waals surface area contributed by atoms with Gasteiger partial charge in [-0.05, 0) is 24.3 Å². The van der Waals surface area contributed by atoms with E-state index < -0.39 is 6.09 Å². The molecule has 76 valence electrons. The number of hydrogen-bond acceptors (Lipinski definition) is 2. The van der Waals surface area contributed by atoms with Crippen LogP contribution in [0.15, 0.2) is 28.7 Å². The molecule has 0 atom stereocenters. The van der Waals surface area contributed by atoms with Crippen LogP contribution in [0.3, 0.4) is 0 Å². The standard InChI is InChI=1S/C9H9Br2NO2/c10-5-6-14-9(13)12-8-3-1-7(11)2-4-8/h1-4H,5-6H2,(H,12,13). The Hall–Kier alpha value is -0.550. The molecule has 0 saturated carbocycles. The molecule has 0 unspecified atom stereocenters. The van der Waals surface area contributed by atoms with Crippen molar-refractivity contribution in [2.45, 2.75) is 0 Å². The lowest BCUT2D eigenvalue weighted by molar-refractivity contribution is 0.169. The fourth-order valence-electron chi connectivity index (χ4n) is 0.818. The second kappa shape index (κ2) is 6.03. The number of rotatable bonds is 3. The molecule has 0 fully saturated rings. The number of ether oxygens (including phenoxy) is 1. The third-order valence-corrected chi connectivity index (χ3v) is 2.25. The Morgan fingerprint density at radius 2 is 2.00 bits per heavy atom. The Bertz CT molecular complexity index is 300. The first-order valence-corrected chi connectivity index (χ1v) is 5.89. The molecule has 1 amide bonds. The third kappa shape index (κ3) is 4.11. The molecular weight excluding hydrogens is 314 g/mol. The molecule has 0 aliphatic heterocycles. The van der Waals surface area contributed by atoms with Crippen LogP contribution >= 0.6 is 31.9 Å². The van der Waals surface area contributed by atoms with Gasteiger partial charge in [-0.25, -0.2) is 4.79 Å². The molecule has 0 saturated heterocycles. The minimum absolute atomic E-state index is 0.363. The summed E-state index contributed by atoms with van der Waals surface area (Å²) in [6.07, 6.45) is -0.438. The molecule has 3 nitrogen and oxygen atoms in total. The Morgan fingerprint density at radius 1 is 1.36 bits per heavy atom. The summed E-state index contributed by atoms with van der Waals surface area (Å²) in [6, 6.07) is 7.28. The van der Waals surface area contributed by atoms with Crippen LogP contribution in [0.4, 0.5) is 10.5 Å². The van der Waals surface area contributed by atoms with Crippen LogP contribution in [0.5, 0.6) is 0 Å². The Balaban J connectivity index is 2.44. The summed E-state index contributed by atoms with van der Waals surface area (Å²) in [5.74, 6) is 0. The second-order valence-corrected chi connectivity index (χ2v) is 4.17. The molecule has 0 radical (unpaired) electrons. The number of halogens is 2. The number of amides is 1. The average molecular weight is 323 g/mol. The molecule has 1 N–H and O–H groups in total. The molecule has 0 aliphatic rings. The zero-order valence-electron chi connectivity index (χ0n) is 7.30. The van der Waals surface area contributed by atoms with Gasteiger partial charge in [-0.3, -0.25) is 5.32 Å². The number of alkyl halides is 1. The van der Waals surface area contributed by atoms with E-state index in [-0.39, 0.29) is 0 Å². The van der Waals surface area contributed by atoms with E-state index in [1.165, 1.54) is 0 Å². The minimum atomic E-state index is -0.438. The van der Waals surface area contributed by atoms with Gasteiger partial charge in [0.2, 0.25) is 0 Å². The summed E-state index contributed by atoms with van der Waals surface area (Å²) in [4.78, 5) is 11.1. The van der Waals surface area contributed by atoms with Crippen molar-refractivity contribution < 1.29 is 9.53 Å². The number of benzene rings is 1. The second-order valence-electron chi connectivity index (χ2n) is 2.46. The maximum absolute atomic E-state index is 11.1. The van der Waals surface area contributed by atoms with Gasteiger partial charge in [-0.2, -0.15) is 0 Å². The van der Waals surface area contributed by atoms with Crippen LogP contribution in [0, 0.1) is 0 Å². The SMILES string of the molecule is O=C(Nc1ccc(Br)cc1)OCCBr. The predicted octanol–water partition coefficient (Wildman–Crippen LogP) is 3.39. The first-order valence-electron chi connectivity index (χ1n) is 3.97. The molecule has 1 aromatic rings. The van der Waals surface area contributed by atoms with Gasteiger partial charge >= 0.3 is 6.09 Å².